The SMILES string of the molecule is CC(C)NC(=O)Nc1ccccc1NC(=O)c1ccc(CSc2nccn2C)o1. The number of amides is 3. The molecule has 0 aliphatic carbocycles. The van der Waals surface area contributed by atoms with Crippen LogP contribution in [0.25, 0.3) is 0 Å². The monoisotopic (exact) mass is 413 g/mol. The van der Waals surface area contributed by atoms with E-state index in [1.807, 2.05) is 31.7 Å². The van der Waals surface area contributed by atoms with Crippen molar-refractivity contribution in [3.05, 3.63) is 60.3 Å². The summed E-state index contributed by atoms with van der Waals surface area (Å²) in [5.74, 6) is 1.04. The van der Waals surface area contributed by atoms with Crippen molar-refractivity contribution in [2.75, 3.05) is 10.6 Å². The summed E-state index contributed by atoms with van der Waals surface area (Å²) in [7, 11) is 1.92. The van der Waals surface area contributed by atoms with Gasteiger partial charge in [-0.2, -0.15) is 0 Å². The Labute approximate surface area is 173 Å². The minimum absolute atomic E-state index is 0.00179. The van der Waals surface area contributed by atoms with E-state index in [4.69, 9.17) is 4.42 Å². The zero-order valence-electron chi connectivity index (χ0n) is 16.4. The molecule has 2 aromatic heterocycles. The molecule has 0 saturated heterocycles. The van der Waals surface area contributed by atoms with Gasteiger partial charge in [0, 0.05) is 25.5 Å². The lowest BCUT2D eigenvalue weighted by Gasteiger charge is -2.13. The lowest BCUT2D eigenvalue weighted by molar-refractivity contribution is 0.0995. The highest BCUT2D eigenvalue weighted by molar-refractivity contribution is 7.98. The lowest BCUT2D eigenvalue weighted by atomic mass is 10.2. The number of hydrogen-bond acceptors (Lipinski definition) is 5. The third-order valence-electron chi connectivity index (χ3n) is 3.85. The molecule has 0 saturated carbocycles. The average Bonchev–Trinajstić information content (AvgIpc) is 3.30. The molecule has 9 heteroatoms. The summed E-state index contributed by atoms with van der Waals surface area (Å²) >= 11 is 1.52. The zero-order chi connectivity index (χ0) is 20.8. The Bertz CT molecular complexity index is 995. The second-order valence-electron chi connectivity index (χ2n) is 6.63. The number of urea groups is 1. The van der Waals surface area contributed by atoms with E-state index in [2.05, 4.69) is 20.9 Å². The highest BCUT2D eigenvalue weighted by Gasteiger charge is 2.15. The summed E-state index contributed by atoms with van der Waals surface area (Å²) in [5, 5.41) is 9.13. The van der Waals surface area contributed by atoms with Crippen molar-refractivity contribution in [3.63, 3.8) is 0 Å². The smallest absolute Gasteiger partial charge is 0.319 e. The number of carbonyl (C=O) groups is 2. The van der Waals surface area contributed by atoms with Gasteiger partial charge in [-0.25, -0.2) is 9.78 Å². The van der Waals surface area contributed by atoms with Gasteiger partial charge in [0.1, 0.15) is 5.76 Å². The molecule has 0 aliphatic heterocycles. The molecule has 3 rings (SSSR count). The van der Waals surface area contributed by atoms with E-state index in [1.54, 1.807) is 42.6 Å². The Balaban J connectivity index is 1.63. The van der Waals surface area contributed by atoms with Crippen molar-refractivity contribution in [1.29, 1.82) is 0 Å². The maximum absolute atomic E-state index is 12.6. The summed E-state index contributed by atoms with van der Waals surface area (Å²) in [6, 6.07) is 10.0. The number of imidazole rings is 1. The van der Waals surface area contributed by atoms with Gasteiger partial charge in [0.05, 0.1) is 17.1 Å². The average molecular weight is 414 g/mol. The van der Waals surface area contributed by atoms with Gasteiger partial charge >= 0.3 is 6.03 Å². The zero-order valence-corrected chi connectivity index (χ0v) is 17.2. The summed E-state index contributed by atoms with van der Waals surface area (Å²) in [6.45, 7) is 3.74. The van der Waals surface area contributed by atoms with E-state index in [0.717, 1.165) is 5.16 Å². The van der Waals surface area contributed by atoms with Crippen LogP contribution in [0.3, 0.4) is 0 Å². The van der Waals surface area contributed by atoms with Gasteiger partial charge in [0.25, 0.3) is 5.91 Å². The quantitative estimate of drug-likeness (QED) is 0.507. The number of hydrogen-bond donors (Lipinski definition) is 3. The Morgan fingerprint density at radius 2 is 1.86 bits per heavy atom. The van der Waals surface area contributed by atoms with Crippen LogP contribution in [0, 0.1) is 0 Å². The van der Waals surface area contributed by atoms with Gasteiger partial charge in [0.2, 0.25) is 0 Å². The van der Waals surface area contributed by atoms with E-state index >= 15 is 0 Å². The van der Waals surface area contributed by atoms with Crippen LogP contribution in [-0.4, -0.2) is 27.5 Å². The van der Waals surface area contributed by atoms with Gasteiger partial charge < -0.3 is 24.9 Å². The molecular weight excluding hydrogens is 390 g/mol. The van der Waals surface area contributed by atoms with Crippen molar-refractivity contribution in [1.82, 2.24) is 14.9 Å². The third-order valence-corrected chi connectivity index (χ3v) is 4.93. The molecule has 0 bridgehead atoms. The number of rotatable bonds is 7. The standard InChI is InChI=1S/C20H23N5O3S/c1-13(2)22-19(27)24-16-7-5-4-6-15(16)23-18(26)17-9-8-14(28-17)12-29-20-21-10-11-25(20)3/h4-11,13H,12H2,1-3H3,(H,23,26)(H2,22,24,27). The Morgan fingerprint density at radius 1 is 1.14 bits per heavy atom. The molecular formula is C20H23N5O3S. The van der Waals surface area contributed by atoms with Crippen LogP contribution in [0.1, 0.15) is 30.2 Å². The number of aromatic nitrogens is 2. The normalized spacial score (nSPS) is 10.8. The Hall–Kier alpha value is -3.20. The second-order valence-corrected chi connectivity index (χ2v) is 7.57. The summed E-state index contributed by atoms with van der Waals surface area (Å²) in [6.07, 6.45) is 3.60. The second kappa shape index (κ2) is 9.33. The molecule has 29 heavy (non-hydrogen) atoms. The number of furan rings is 1. The van der Waals surface area contributed by atoms with Crippen LogP contribution in [-0.2, 0) is 12.8 Å². The molecule has 8 nitrogen and oxygen atoms in total. The number of thioether (sulfide) groups is 1. The Morgan fingerprint density at radius 3 is 2.52 bits per heavy atom. The molecule has 0 radical (unpaired) electrons. The maximum Gasteiger partial charge on any atom is 0.319 e. The number of nitrogens with one attached hydrogen (secondary N) is 3. The number of nitrogens with zero attached hydrogens (tertiary/aromatic N) is 2. The largest absolute Gasteiger partial charge is 0.455 e. The third kappa shape index (κ3) is 5.64. The molecule has 0 aliphatic rings. The number of para-hydroxylation sites is 2. The summed E-state index contributed by atoms with van der Waals surface area (Å²) in [4.78, 5) is 28.8. The van der Waals surface area contributed by atoms with Crippen LogP contribution in [0.2, 0.25) is 0 Å². The van der Waals surface area contributed by atoms with Crippen LogP contribution >= 0.6 is 11.8 Å². The molecule has 0 unspecified atom stereocenters. The van der Waals surface area contributed by atoms with Crippen LogP contribution in [0.5, 0.6) is 0 Å². The van der Waals surface area contributed by atoms with Crippen molar-refractivity contribution < 1.29 is 14.0 Å². The van der Waals surface area contributed by atoms with Crippen molar-refractivity contribution in [3.8, 4) is 0 Å². The van der Waals surface area contributed by atoms with Gasteiger partial charge in [-0.3, -0.25) is 4.79 Å². The van der Waals surface area contributed by atoms with E-state index < -0.39 is 5.91 Å². The van der Waals surface area contributed by atoms with E-state index in [0.29, 0.717) is 22.9 Å². The molecule has 3 aromatic rings. The van der Waals surface area contributed by atoms with E-state index in [1.165, 1.54) is 11.8 Å². The number of carbonyl (C=O) groups excluding carboxylic acids is 2. The molecule has 3 N–H and O–H groups in total. The fraction of sp³-hybridized carbons (Fsp3) is 0.250. The van der Waals surface area contributed by atoms with Crippen molar-refractivity contribution in [2.24, 2.45) is 7.05 Å². The molecule has 152 valence electrons. The molecule has 0 fully saturated rings. The first-order valence-electron chi connectivity index (χ1n) is 9.09. The number of anilines is 2. The van der Waals surface area contributed by atoms with Crippen LogP contribution in [0.15, 0.2) is 58.4 Å². The predicted molar refractivity (Wildman–Crippen MR) is 113 cm³/mol. The molecule has 0 atom stereocenters. The van der Waals surface area contributed by atoms with E-state index in [9.17, 15) is 9.59 Å². The molecule has 3 amide bonds. The van der Waals surface area contributed by atoms with Gasteiger partial charge in [-0.15, -0.1) is 0 Å². The van der Waals surface area contributed by atoms with Crippen LogP contribution in [0.4, 0.5) is 16.2 Å². The van der Waals surface area contributed by atoms with Gasteiger partial charge in [0.15, 0.2) is 10.9 Å². The number of benzene rings is 1. The lowest BCUT2D eigenvalue weighted by Crippen LogP contribution is -2.34. The minimum atomic E-state index is -0.392. The first-order chi connectivity index (χ1) is 13.9. The molecule has 2 heterocycles. The fourth-order valence-corrected chi connectivity index (χ4v) is 3.34. The minimum Gasteiger partial charge on any atom is -0.455 e. The van der Waals surface area contributed by atoms with Crippen LogP contribution < -0.4 is 16.0 Å². The summed E-state index contributed by atoms with van der Waals surface area (Å²) < 4.78 is 7.58. The van der Waals surface area contributed by atoms with Crippen molar-refractivity contribution in [2.45, 2.75) is 30.8 Å². The first-order valence-corrected chi connectivity index (χ1v) is 10.1. The maximum atomic E-state index is 12.6. The number of aryl methyl sites for hydroxylation is 1. The Kier molecular flexibility index (Phi) is 6.61. The fourth-order valence-electron chi connectivity index (χ4n) is 2.51. The predicted octanol–water partition coefficient (Wildman–Crippen LogP) is 4.09. The summed E-state index contributed by atoms with van der Waals surface area (Å²) in [5.41, 5.74) is 0.979. The van der Waals surface area contributed by atoms with Crippen molar-refractivity contribution >= 4 is 35.1 Å². The highest BCUT2D eigenvalue weighted by Crippen LogP contribution is 2.24. The van der Waals surface area contributed by atoms with Gasteiger partial charge in [-0.05, 0) is 38.1 Å². The topological polar surface area (TPSA) is 101 Å². The van der Waals surface area contributed by atoms with Gasteiger partial charge in [-0.1, -0.05) is 23.9 Å². The molecule has 1 aromatic carbocycles. The highest BCUT2D eigenvalue weighted by atomic mass is 32.2. The van der Waals surface area contributed by atoms with E-state index in [-0.39, 0.29) is 17.8 Å². The molecule has 0 spiro atoms. The first kappa shape index (κ1) is 20.5.